The lowest BCUT2D eigenvalue weighted by molar-refractivity contribution is -0.134. The number of hydrogen-bond donors (Lipinski definition) is 1. The summed E-state index contributed by atoms with van der Waals surface area (Å²) in [7, 11) is 0. The van der Waals surface area contributed by atoms with Gasteiger partial charge in [-0.1, -0.05) is 19.8 Å². The Kier molecular flexibility index (Phi) is 4.03. The zero-order valence-electron chi connectivity index (χ0n) is 10.9. The first-order valence-corrected chi connectivity index (χ1v) is 7.77. The van der Waals surface area contributed by atoms with Crippen molar-refractivity contribution in [3.63, 3.8) is 0 Å². The third-order valence-electron chi connectivity index (χ3n) is 4.31. The van der Waals surface area contributed by atoms with Gasteiger partial charge in [0, 0.05) is 35.5 Å². The maximum Gasteiger partial charge on any atom is 0.224 e. The van der Waals surface area contributed by atoms with Crippen molar-refractivity contribution in [3.8, 4) is 0 Å². The Hall–Kier alpha value is -0.220. The van der Waals surface area contributed by atoms with Gasteiger partial charge in [-0.2, -0.15) is 11.8 Å². The number of nitrogens with two attached hydrogens (primary N) is 1. The van der Waals surface area contributed by atoms with E-state index in [1.807, 2.05) is 16.7 Å². The van der Waals surface area contributed by atoms with Gasteiger partial charge in [0.1, 0.15) is 0 Å². The molecule has 0 radical (unpaired) electrons. The molecule has 0 aromatic rings. The zero-order valence-corrected chi connectivity index (χ0v) is 11.8. The van der Waals surface area contributed by atoms with Crippen molar-refractivity contribution in [2.45, 2.75) is 62.8 Å². The molecule has 1 amide bonds. The Bertz CT molecular complexity index is 289. The molecule has 1 aliphatic carbocycles. The molecule has 2 N–H and O–H groups in total. The molecular weight excluding hydrogens is 232 g/mol. The standard InChI is InChI=1S/C13H24N2OS/c1-10-11(2)17-8-7-15(10)12(16)9-13(14)5-3-4-6-13/h10-11H,3-9,14H2,1-2H3. The van der Waals surface area contributed by atoms with Crippen molar-refractivity contribution >= 4 is 17.7 Å². The minimum Gasteiger partial charge on any atom is -0.338 e. The fourth-order valence-corrected chi connectivity index (χ4v) is 4.04. The van der Waals surface area contributed by atoms with Gasteiger partial charge in [0.2, 0.25) is 5.91 Å². The van der Waals surface area contributed by atoms with Crippen LogP contribution in [-0.2, 0) is 4.79 Å². The molecule has 2 unspecified atom stereocenters. The summed E-state index contributed by atoms with van der Waals surface area (Å²) in [6.07, 6.45) is 4.96. The van der Waals surface area contributed by atoms with Crippen LogP contribution in [0.1, 0.15) is 46.0 Å². The van der Waals surface area contributed by atoms with Crippen LogP contribution in [0.3, 0.4) is 0 Å². The quantitative estimate of drug-likeness (QED) is 0.822. The molecule has 98 valence electrons. The topological polar surface area (TPSA) is 46.3 Å². The molecular formula is C13H24N2OS. The summed E-state index contributed by atoms with van der Waals surface area (Å²) in [6.45, 7) is 5.26. The van der Waals surface area contributed by atoms with Crippen LogP contribution in [-0.4, -0.2) is 39.9 Å². The molecule has 0 bridgehead atoms. The van der Waals surface area contributed by atoms with Crippen LogP contribution >= 0.6 is 11.8 Å². The summed E-state index contributed by atoms with van der Waals surface area (Å²) in [6, 6.07) is 0.353. The highest BCUT2D eigenvalue weighted by atomic mass is 32.2. The fourth-order valence-electron chi connectivity index (χ4n) is 2.94. The maximum absolute atomic E-state index is 12.4. The van der Waals surface area contributed by atoms with Crippen LogP contribution in [0.2, 0.25) is 0 Å². The van der Waals surface area contributed by atoms with E-state index in [9.17, 15) is 4.79 Å². The zero-order chi connectivity index (χ0) is 12.5. The average Bonchev–Trinajstić information content (AvgIpc) is 2.68. The van der Waals surface area contributed by atoms with E-state index in [4.69, 9.17) is 5.73 Å². The van der Waals surface area contributed by atoms with Crippen LogP contribution in [0, 0.1) is 0 Å². The molecule has 2 atom stereocenters. The largest absolute Gasteiger partial charge is 0.338 e. The van der Waals surface area contributed by atoms with E-state index < -0.39 is 0 Å². The normalized spacial score (nSPS) is 32.8. The van der Waals surface area contributed by atoms with Crippen LogP contribution in [0.15, 0.2) is 0 Å². The summed E-state index contributed by atoms with van der Waals surface area (Å²) >= 11 is 1.96. The fraction of sp³-hybridized carbons (Fsp3) is 0.923. The van der Waals surface area contributed by atoms with Gasteiger partial charge in [0.05, 0.1) is 0 Å². The van der Waals surface area contributed by atoms with E-state index in [0.29, 0.717) is 17.7 Å². The molecule has 17 heavy (non-hydrogen) atoms. The van der Waals surface area contributed by atoms with E-state index in [1.165, 1.54) is 12.8 Å². The number of thioether (sulfide) groups is 1. The first-order valence-electron chi connectivity index (χ1n) is 6.72. The van der Waals surface area contributed by atoms with Gasteiger partial charge in [-0.05, 0) is 19.8 Å². The molecule has 1 saturated carbocycles. The molecule has 2 aliphatic rings. The van der Waals surface area contributed by atoms with Gasteiger partial charge in [-0.25, -0.2) is 0 Å². The van der Waals surface area contributed by atoms with Gasteiger partial charge in [0.25, 0.3) is 0 Å². The molecule has 1 aliphatic heterocycles. The number of rotatable bonds is 2. The first kappa shape index (κ1) is 13.2. The Labute approximate surface area is 108 Å². The van der Waals surface area contributed by atoms with Gasteiger partial charge >= 0.3 is 0 Å². The van der Waals surface area contributed by atoms with Crippen LogP contribution < -0.4 is 5.73 Å². The second kappa shape index (κ2) is 5.19. The smallest absolute Gasteiger partial charge is 0.224 e. The van der Waals surface area contributed by atoms with E-state index in [-0.39, 0.29) is 11.4 Å². The van der Waals surface area contributed by atoms with Crippen molar-refractivity contribution in [2.75, 3.05) is 12.3 Å². The third-order valence-corrected chi connectivity index (χ3v) is 5.64. The minimum absolute atomic E-state index is 0.204. The second-order valence-corrected chi connectivity index (χ2v) is 7.14. The maximum atomic E-state index is 12.4. The molecule has 2 rings (SSSR count). The van der Waals surface area contributed by atoms with E-state index in [1.54, 1.807) is 0 Å². The number of hydrogen-bond acceptors (Lipinski definition) is 3. The summed E-state index contributed by atoms with van der Waals surface area (Å²) in [5, 5.41) is 0.546. The Morgan fingerprint density at radius 3 is 2.71 bits per heavy atom. The van der Waals surface area contributed by atoms with Crippen LogP contribution in [0.4, 0.5) is 0 Å². The molecule has 3 nitrogen and oxygen atoms in total. The number of carbonyl (C=O) groups excluding carboxylic acids is 1. The minimum atomic E-state index is -0.204. The summed E-state index contributed by atoms with van der Waals surface area (Å²) in [5.74, 6) is 1.34. The molecule has 0 aromatic heterocycles. The van der Waals surface area contributed by atoms with Crippen LogP contribution in [0.25, 0.3) is 0 Å². The predicted molar refractivity (Wildman–Crippen MR) is 73.1 cm³/mol. The van der Waals surface area contributed by atoms with Crippen molar-refractivity contribution in [1.82, 2.24) is 4.90 Å². The Morgan fingerprint density at radius 1 is 1.41 bits per heavy atom. The van der Waals surface area contributed by atoms with Crippen molar-refractivity contribution in [1.29, 1.82) is 0 Å². The second-order valence-electron chi connectivity index (χ2n) is 5.65. The van der Waals surface area contributed by atoms with E-state index >= 15 is 0 Å². The lowest BCUT2D eigenvalue weighted by Gasteiger charge is -2.39. The lowest BCUT2D eigenvalue weighted by atomic mass is 9.93. The molecule has 0 aromatic carbocycles. The Balaban J connectivity index is 1.95. The Morgan fingerprint density at radius 2 is 2.06 bits per heavy atom. The van der Waals surface area contributed by atoms with Crippen molar-refractivity contribution in [2.24, 2.45) is 5.73 Å². The van der Waals surface area contributed by atoms with Gasteiger partial charge < -0.3 is 10.6 Å². The number of amides is 1. The monoisotopic (exact) mass is 256 g/mol. The van der Waals surface area contributed by atoms with Gasteiger partial charge in [-0.3, -0.25) is 4.79 Å². The predicted octanol–water partition coefficient (Wildman–Crippen LogP) is 2.00. The summed E-state index contributed by atoms with van der Waals surface area (Å²) in [5.41, 5.74) is 6.09. The molecule has 1 heterocycles. The highest BCUT2D eigenvalue weighted by Gasteiger charge is 2.36. The van der Waals surface area contributed by atoms with Crippen molar-refractivity contribution < 1.29 is 4.79 Å². The highest BCUT2D eigenvalue weighted by Crippen LogP contribution is 2.32. The molecule has 0 spiro atoms. The van der Waals surface area contributed by atoms with Gasteiger partial charge in [0.15, 0.2) is 0 Å². The SMILES string of the molecule is CC1SCCN(C(=O)CC2(N)CCCC2)C1C. The third kappa shape index (κ3) is 2.97. The van der Waals surface area contributed by atoms with Crippen LogP contribution in [0.5, 0.6) is 0 Å². The summed E-state index contributed by atoms with van der Waals surface area (Å²) < 4.78 is 0. The molecule has 4 heteroatoms. The highest BCUT2D eigenvalue weighted by molar-refractivity contribution is 8.00. The van der Waals surface area contributed by atoms with Gasteiger partial charge in [-0.15, -0.1) is 0 Å². The molecule has 1 saturated heterocycles. The van der Waals surface area contributed by atoms with E-state index in [2.05, 4.69) is 13.8 Å². The lowest BCUT2D eigenvalue weighted by Crippen LogP contribution is -2.51. The molecule has 2 fully saturated rings. The first-order chi connectivity index (χ1) is 8.02. The van der Waals surface area contributed by atoms with E-state index in [0.717, 1.165) is 25.1 Å². The number of carbonyl (C=O) groups is 1. The van der Waals surface area contributed by atoms with Crippen molar-refractivity contribution in [3.05, 3.63) is 0 Å². The average molecular weight is 256 g/mol. The number of nitrogens with zero attached hydrogens (tertiary/aromatic N) is 1. The summed E-state index contributed by atoms with van der Waals surface area (Å²) in [4.78, 5) is 14.4.